The van der Waals surface area contributed by atoms with Crippen molar-refractivity contribution in [1.82, 2.24) is 10.0 Å². The monoisotopic (exact) mass is 406 g/mol. The second kappa shape index (κ2) is 10.2. The van der Waals surface area contributed by atoms with Crippen molar-refractivity contribution in [3.63, 3.8) is 0 Å². The summed E-state index contributed by atoms with van der Waals surface area (Å²) in [4.78, 5) is 12.6. The van der Waals surface area contributed by atoms with Gasteiger partial charge in [0, 0.05) is 13.7 Å². The fraction of sp³-hybridized carbons (Fsp3) is 0.350. The number of hydrogen-bond donors (Lipinski definition) is 2. The molecule has 1 atom stereocenters. The first-order chi connectivity index (χ1) is 13.4. The summed E-state index contributed by atoms with van der Waals surface area (Å²) < 4.78 is 38.7. The number of amides is 1. The van der Waals surface area contributed by atoms with Gasteiger partial charge >= 0.3 is 0 Å². The zero-order valence-electron chi connectivity index (χ0n) is 16.3. The summed E-state index contributed by atoms with van der Waals surface area (Å²) in [5.41, 5.74) is 1.61. The lowest BCUT2D eigenvalue weighted by Crippen LogP contribution is -2.48. The van der Waals surface area contributed by atoms with Crippen molar-refractivity contribution in [2.45, 2.75) is 24.3 Å². The highest BCUT2D eigenvalue weighted by Gasteiger charge is 2.28. The van der Waals surface area contributed by atoms with Crippen LogP contribution >= 0.6 is 0 Å². The minimum atomic E-state index is -3.99. The molecule has 28 heavy (non-hydrogen) atoms. The summed E-state index contributed by atoms with van der Waals surface area (Å²) in [6.07, 6.45) is 0.215. The maximum atomic E-state index is 13.0. The largest absolute Gasteiger partial charge is 0.495 e. The molecule has 0 spiro atoms. The Morgan fingerprint density at radius 1 is 1.11 bits per heavy atom. The minimum Gasteiger partial charge on any atom is -0.495 e. The SMILES string of the molecule is COCCNC(=O)[C@H](Cc1ccccc1)NS(=O)(=O)c1cc(C)ccc1OC. The molecule has 0 aliphatic carbocycles. The van der Waals surface area contributed by atoms with Crippen molar-refractivity contribution < 1.29 is 22.7 Å². The molecule has 7 nitrogen and oxygen atoms in total. The van der Waals surface area contributed by atoms with Crippen LogP contribution in [0.5, 0.6) is 5.75 Å². The summed E-state index contributed by atoms with van der Waals surface area (Å²) in [6.45, 7) is 2.41. The van der Waals surface area contributed by atoms with E-state index in [4.69, 9.17) is 9.47 Å². The molecule has 0 aliphatic heterocycles. The number of sulfonamides is 1. The van der Waals surface area contributed by atoms with Gasteiger partial charge in [-0.2, -0.15) is 4.72 Å². The molecule has 0 unspecified atom stereocenters. The number of carbonyl (C=O) groups is 1. The van der Waals surface area contributed by atoms with Gasteiger partial charge in [0.1, 0.15) is 16.7 Å². The topological polar surface area (TPSA) is 93.7 Å². The van der Waals surface area contributed by atoms with Crippen LogP contribution < -0.4 is 14.8 Å². The lowest BCUT2D eigenvalue weighted by Gasteiger charge is -2.20. The van der Waals surface area contributed by atoms with Gasteiger partial charge in [-0.15, -0.1) is 0 Å². The van der Waals surface area contributed by atoms with Gasteiger partial charge < -0.3 is 14.8 Å². The molecule has 0 aliphatic rings. The minimum absolute atomic E-state index is 0.00208. The fourth-order valence-electron chi connectivity index (χ4n) is 2.68. The third-order valence-electron chi connectivity index (χ3n) is 4.11. The molecule has 0 saturated carbocycles. The number of ether oxygens (including phenoxy) is 2. The van der Waals surface area contributed by atoms with E-state index in [2.05, 4.69) is 10.0 Å². The van der Waals surface area contributed by atoms with Crippen molar-refractivity contribution in [2.24, 2.45) is 0 Å². The molecule has 1 amide bonds. The standard InChI is InChI=1S/C20H26N2O5S/c1-15-9-10-18(27-3)19(13-15)28(24,25)22-17(20(23)21-11-12-26-2)14-16-7-5-4-6-8-16/h4-10,13,17,22H,11-12,14H2,1-3H3,(H,21,23)/t17-/m0/s1. The molecule has 0 heterocycles. The quantitative estimate of drug-likeness (QED) is 0.585. The van der Waals surface area contributed by atoms with E-state index in [-0.39, 0.29) is 23.6 Å². The first-order valence-corrected chi connectivity index (χ1v) is 10.3. The number of methoxy groups -OCH3 is 2. The van der Waals surface area contributed by atoms with Crippen LogP contribution in [0.4, 0.5) is 0 Å². The normalized spacial score (nSPS) is 12.4. The van der Waals surface area contributed by atoms with Gasteiger partial charge in [0.2, 0.25) is 15.9 Å². The maximum Gasteiger partial charge on any atom is 0.244 e. The van der Waals surface area contributed by atoms with E-state index in [0.29, 0.717) is 6.61 Å². The van der Waals surface area contributed by atoms with Gasteiger partial charge in [0.05, 0.1) is 13.7 Å². The second-order valence-corrected chi connectivity index (χ2v) is 7.98. The van der Waals surface area contributed by atoms with E-state index in [1.807, 2.05) is 30.3 Å². The first kappa shape index (κ1) is 21.9. The van der Waals surface area contributed by atoms with Crippen LogP contribution in [0.1, 0.15) is 11.1 Å². The van der Waals surface area contributed by atoms with Crippen LogP contribution in [0.15, 0.2) is 53.4 Å². The van der Waals surface area contributed by atoms with Gasteiger partial charge in [0.15, 0.2) is 0 Å². The van der Waals surface area contributed by atoms with E-state index in [1.54, 1.807) is 19.1 Å². The average Bonchev–Trinajstić information content (AvgIpc) is 2.68. The average molecular weight is 407 g/mol. The molecule has 2 rings (SSSR count). The molecular weight excluding hydrogens is 380 g/mol. The van der Waals surface area contributed by atoms with Crippen LogP contribution in [0.25, 0.3) is 0 Å². The van der Waals surface area contributed by atoms with E-state index >= 15 is 0 Å². The zero-order chi connectivity index (χ0) is 20.6. The van der Waals surface area contributed by atoms with Gasteiger partial charge in [0.25, 0.3) is 0 Å². The third-order valence-corrected chi connectivity index (χ3v) is 5.60. The Hall–Kier alpha value is -2.42. The first-order valence-electron chi connectivity index (χ1n) is 8.85. The Bertz CT molecular complexity index is 885. The molecule has 2 aromatic rings. The van der Waals surface area contributed by atoms with E-state index in [1.165, 1.54) is 20.3 Å². The van der Waals surface area contributed by atoms with Crippen molar-refractivity contribution in [3.8, 4) is 5.75 Å². The van der Waals surface area contributed by atoms with Crippen molar-refractivity contribution in [3.05, 3.63) is 59.7 Å². The summed E-state index contributed by atoms with van der Waals surface area (Å²) in [5, 5.41) is 2.70. The molecule has 2 N–H and O–H groups in total. The van der Waals surface area contributed by atoms with Crippen LogP contribution in [-0.2, 0) is 26.0 Å². The van der Waals surface area contributed by atoms with E-state index < -0.39 is 22.0 Å². The van der Waals surface area contributed by atoms with Crippen LogP contribution in [0.3, 0.4) is 0 Å². The number of benzene rings is 2. The van der Waals surface area contributed by atoms with Crippen LogP contribution in [0.2, 0.25) is 0 Å². The Morgan fingerprint density at radius 3 is 2.46 bits per heavy atom. The third kappa shape index (κ3) is 6.05. The molecule has 2 aromatic carbocycles. The van der Waals surface area contributed by atoms with Gasteiger partial charge in [-0.05, 0) is 36.6 Å². The zero-order valence-corrected chi connectivity index (χ0v) is 17.1. The van der Waals surface area contributed by atoms with E-state index in [9.17, 15) is 13.2 Å². The van der Waals surface area contributed by atoms with Gasteiger partial charge in [-0.25, -0.2) is 8.42 Å². The Morgan fingerprint density at radius 2 is 1.82 bits per heavy atom. The smallest absolute Gasteiger partial charge is 0.244 e. The highest BCUT2D eigenvalue weighted by atomic mass is 32.2. The van der Waals surface area contributed by atoms with Gasteiger partial charge in [-0.3, -0.25) is 4.79 Å². The lowest BCUT2D eigenvalue weighted by molar-refractivity contribution is -0.122. The summed E-state index contributed by atoms with van der Waals surface area (Å²) in [7, 11) is -1.05. The number of carbonyl (C=O) groups excluding carboxylic acids is 1. The predicted molar refractivity (Wildman–Crippen MR) is 107 cm³/mol. The predicted octanol–water partition coefficient (Wildman–Crippen LogP) is 1.66. The molecule has 152 valence electrons. The van der Waals surface area contributed by atoms with Crippen LogP contribution in [-0.4, -0.2) is 47.7 Å². The highest BCUT2D eigenvalue weighted by Crippen LogP contribution is 2.25. The Labute approximate surface area is 166 Å². The summed E-state index contributed by atoms with van der Waals surface area (Å²) in [5.74, 6) is -0.201. The fourth-order valence-corrected chi connectivity index (χ4v) is 4.13. The maximum absolute atomic E-state index is 13.0. The number of nitrogens with one attached hydrogen (secondary N) is 2. The van der Waals surface area contributed by atoms with E-state index in [0.717, 1.165) is 11.1 Å². The number of hydrogen-bond acceptors (Lipinski definition) is 5. The van der Waals surface area contributed by atoms with Crippen LogP contribution in [0, 0.1) is 6.92 Å². The second-order valence-electron chi connectivity index (χ2n) is 6.30. The molecule has 0 radical (unpaired) electrons. The van der Waals surface area contributed by atoms with Crippen molar-refractivity contribution in [2.75, 3.05) is 27.4 Å². The molecule has 0 fully saturated rings. The Balaban J connectivity index is 2.29. The number of aryl methyl sites for hydroxylation is 1. The molecular formula is C20H26N2O5S. The molecule has 0 aromatic heterocycles. The Kier molecular flexibility index (Phi) is 7.98. The van der Waals surface area contributed by atoms with Crippen molar-refractivity contribution >= 4 is 15.9 Å². The molecule has 0 bridgehead atoms. The summed E-state index contributed by atoms with van der Waals surface area (Å²) in [6, 6.07) is 13.1. The molecule has 0 saturated heterocycles. The van der Waals surface area contributed by atoms with Crippen molar-refractivity contribution in [1.29, 1.82) is 0 Å². The highest BCUT2D eigenvalue weighted by molar-refractivity contribution is 7.89. The molecule has 8 heteroatoms. The number of rotatable bonds is 10. The van der Waals surface area contributed by atoms with Gasteiger partial charge in [-0.1, -0.05) is 36.4 Å². The lowest BCUT2D eigenvalue weighted by atomic mass is 10.1. The summed E-state index contributed by atoms with van der Waals surface area (Å²) >= 11 is 0.